The standard InChI is InChI=1S/C11H19N5O/c1-4-5-13-11-14-6-8(2)10(15-11)16(3)7-9(12)17/h6H,4-5,7H2,1-3H3,(H2,12,17)(H,13,14,15). The molecule has 0 aliphatic heterocycles. The summed E-state index contributed by atoms with van der Waals surface area (Å²) in [6.45, 7) is 4.94. The van der Waals surface area contributed by atoms with Gasteiger partial charge in [-0.15, -0.1) is 0 Å². The number of nitrogens with zero attached hydrogens (tertiary/aromatic N) is 3. The van der Waals surface area contributed by atoms with E-state index in [1.807, 2.05) is 6.92 Å². The highest BCUT2D eigenvalue weighted by molar-refractivity contribution is 5.79. The van der Waals surface area contributed by atoms with Crippen molar-refractivity contribution in [3.8, 4) is 0 Å². The lowest BCUT2D eigenvalue weighted by Crippen LogP contribution is -2.31. The van der Waals surface area contributed by atoms with Crippen LogP contribution in [-0.2, 0) is 4.79 Å². The number of nitrogens with two attached hydrogens (primary N) is 1. The molecule has 6 nitrogen and oxygen atoms in total. The summed E-state index contributed by atoms with van der Waals surface area (Å²) >= 11 is 0. The van der Waals surface area contributed by atoms with Crippen molar-refractivity contribution in [1.29, 1.82) is 0 Å². The van der Waals surface area contributed by atoms with Gasteiger partial charge in [0.2, 0.25) is 11.9 Å². The molecule has 0 atom stereocenters. The van der Waals surface area contributed by atoms with Gasteiger partial charge in [-0.3, -0.25) is 4.79 Å². The Bertz CT molecular complexity index is 393. The maximum absolute atomic E-state index is 10.9. The largest absolute Gasteiger partial charge is 0.368 e. The molecule has 6 heteroatoms. The second-order valence-corrected chi connectivity index (χ2v) is 3.95. The Morgan fingerprint density at radius 1 is 1.59 bits per heavy atom. The van der Waals surface area contributed by atoms with E-state index >= 15 is 0 Å². The molecule has 0 spiro atoms. The van der Waals surface area contributed by atoms with Gasteiger partial charge in [-0.25, -0.2) is 4.98 Å². The summed E-state index contributed by atoms with van der Waals surface area (Å²) in [5.41, 5.74) is 6.07. The summed E-state index contributed by atoms with van der Waals surface area (Å²) < 4.78 is 0. The van der Waals surface area contributed by atoms with Crippen molar-refractivity contribution in [2.75, 3.05) is 30.4 Å². The lowest BCUT2D eigenvalue weighted by atomic mass is 10.3. The van der Waals surface area contributed by atoms with Gasteiger partial charge in [-0.1, -0.05) is 6.92 Å². The molecule has 0 unspecified atom stereocenters. The molecule has 0 saturated heterocycles. The van der Waals surface area contributed by atoms with Gasteiger partial charge in [0.25, 0.3) is 0 Å². The average molecular weight is 237 g/mol. The Balaban J connectivity index is 2.85. The van der Waals surface area contributed by atoms with Crippen molar-refractivity contribution in [3.63, 3.8) is 0 Å². The van der Waals surface area contributed by atoms with E-state index in [2.05, 4.69) is 22.2 Å². The summed E-state index contributed by atoms with van der Waals surface area (Å²) in [5, 5.41) is 3.11. The Hall–Kier alpha value is -1.85. The molecule has 1 rings (SSSR count). The molecule has 17 heavy (non-hydrogen) atoms. The Morgan fingerprint density at radius 3 is 2.88 bits per heavy atom. The van der Waals surface area contributed by atoms with Gasteiger partial charge in [0.05, 0.1) is 6.54 Å². The number of carbonyl (C=O) groups excluding carboxylic acids is 1. The van der Waals surface area contributed by atoms with Crippen LogP contribution in [0.2, 0.25) is 0 Å². The first-order valence-corrected chi connectivity index (χ1v) is 5.61. The molecule has 0 aromatic carbocycles. The summed E-state index contributed by atoms with van der Waals surface area (Å²) in [6.07, 6.45) is 2.74. The van der Waals surface area contributed by atoms with Crippen LogP contribution in [0.1, 0.15) is 18.9 Å². The number of amides is 1. The maximum atomic E-state index is 10.9. The van der Waals surface area contributed by atoms with Crippen LogP contribution in [-0.4, -0.2) is 36.0 Å². The van der Waals surface area contributed by atoms with E-state index in [0.717, 1.165) is 24.3 Å². The van der Waals surface area contributed by atoms with E-state index in [-0.39, 0.29) is 12.5 Å². The van der Waals surface area contributed by atoms with E-state index in [4.69, 9.17) is 5.73 Å². The molecule has 94 valence electrons. The third kappa shape index (κ3) is 3.90. The monoisotopic (exact) mass is 237 g/mol. The molecule has 3 N–H and O–H groups in total. The fourth-order valence-corrected chi connectivity index (χ4v) is 1.45. The van der Waals surface area contributed by atoms with E-state index in [9.17, 15) is 4.79 Å². The average Bonchev–Trinajstić information content (AvgIpc) is 2.27. The maximum Gasteiger partial charge on any atom is 0.236 e. The van der Waals surface area contributed by atoms with Crippen LogP contribution in [0.4, 0.5) is 11.8 Å². The highest BCUT2D eigenvalue weighted by Crippen LogP contribution is 2.16. The zero-order valence-corrected chi connectivity index (χ0v) is 10.5. The van der Waals surface area contributed by atoms with Gasteiger partial charge < -0.3 is 16.0 Å². The van der Waals surface area contributed by atoms with Gasteiger partial charge in [-0.2, -0.15) is 4.98 Å². The van der Waals surface area contributed by atoms with Gasteiger partial charge in [0.15, 0.2) is 0 Å². The first kappa shape index (κ1) is 13.2. The van der Waals surface area contributed by atoms with Crippen molar-refractivity contribution in [2.24, 2.45) is 5.73 Å². The quantitative estimate of drug-likeness (QED) is 0.754. The normalized spacial score (nSPS) is 10.1. The Labute approximate surface area is 101 Å². The van der Waals surface area contributed by atoms with Gasteiger partial charge in [0, 0.05) is 25.4 Å². The molecule has 0 radical (unpaired) electrons. The number of hydrogen-bond donors (Lipinski definition) is 2. The van der Waals surface area contributed by atoms with E-state index in [1.54, 1.807) is 18.1 Å². The summed E-state index contributed by atoms with van der Waals surface area (Å²) in [7, 11) is 1.78. The number of likely N-dealkylation sites (N-methyl/N-ethyl adjacent to an activating group) is 1. The fourth-order valence-electron chi connectivity index (χ4n) is 1.45. The van der Waals surface area contributed by atoms with Crippen LogP contribution in [0.15, 0.2) is 6.20 Å². The SMILES string of the molecule is CCCNc1ncc(C)c(N(C)CC(N)=O)n1. The minimum Gasteiger partial charge on any atom is -0.368 e. The predicted molar refractivity (Wildman–Crippen MR) is 68.0 cm³/mol. The summed E-state index contributed by atoms with van der Waals surface area (Å²) in [5.74, 6) is 0.912. The van der Waals surface area contributed by atoms with Gasteiger partial charge in [0.1, 0.15) is 5.82 Å². The zero-order chi connectivity index (χ0) is 12.8. The molecular formula is C11H19N5O. The smallest absolute Gasteiger partial charge is 0.236 e. The number of anilines is 2. The highest BCUT2D eigenvalue weighted by atomic mass is 16.1. The molecule has 1 heterocycles. The number of aromatic nitrogens is 2. The minimum absolute atomic E-state index is 0.144. The van der Waals surface area contributed by atoms with E-state index < -0.39 is 0 Å². The first-order valence-electron chi connectivity index (χ1n) is 5.61. The molecular weight excluding hydrogens is 218 g/mol. The molecule has 1 amide bonds. The number of nitrogens with one attached hydrogen (secondary N) is 1. The molecule has 1 aromatic heterocycles. The van der Waals surface area contributed by atoms with Crippen LogP contribution >= 0.6 is 0 Å². The second-order valence-electron chi connectivity index (χ2n) is 3.95. The third-order valence-corrected chi connectivity index (χ3v) is 2.23. The van der Waals surface area contributed by atoms with Crippen LogP contribution in [0.5, 0.6) is 0 Å². The van der Waals surface area contributed by atoms with Gasteiger partial charge >= 0.3 is 0 Å². The topological polar surface area (TPSA) is 84.1 Å². The molecule has 0 bridgehead atoms. The van der Waals surface area contributed by atoms with Crippen molar-refractivity contribution >= 4 is 17.7 Å². The number of primary amides is 1. The van der Waals surface area contributed by atoms with Crippen LogP contribution in [0.3, 0.4) is 0 Å². The molecule has 0 aliphatic rings. The van der Waals surface area contributed by atoms with E-state index in [1.165, 1.54) is 0 Å². The summed E-state index contributed by atoms with van der Waals surface area (Å²) in [6, 6.07) is 0. The predicted octanol–water partition coefficient (Wildman–Crippen LogP) is 0.528. The summed E-state index contributed by atoms with van der Waals surface area (Å²) in [4.78, 5) is 21.1. The minimum atomic E-state index is -0.381. The van der Waals surface area contributed by atoms with Crippen molar-refractivity contribution in [1.82, 2.24) is 9.97 Å². The van der Waals surface area contributed by atoms with Crippen LogP contribution in [0.25, 0.3) is 0 Å². The first-order chi connectivity index (χ1) is 8.04. The van der Waals surface area contributed by atoms with E-state index in [0.29, 0.717) is 5.95 Å². The molecule has 0 aliphatic carbocycles. The van der Waals surface area contributed by atoms with Crippen molar-refractivity contribution < 1.29 is 4.79 Å². The van der Waals surface area contributed by atoms with Crippen LogP contribution < -0.4 is 16.0 Å². The molecule has 0 saturated carbocycles. The third-order valence-electron chi connectivity index (χ3n) is 2.23. The number of aryl methyl sites for hydroxylation is 1. The zero-order valence-electron chi connectivity index (χ0n) is 10.5. The highest BCUT2D eigenvalue weighted by Gasteiger charge is 2.10. The Kier molecular flexibility index (Phi) is 4.68. The number of rotatable bonds is 6. The molecule has 0 fully saturated rings. The van der Waals surface area contributed by atoms with Crippen molar-refractivity contribution in [2.45, 2.75) is 20.3 Å². The molecule has 1 aromatic rings. The fraction of sp³-hybridized carbons (Fsp3) is 0.545. The Morgan fingerprint density at radius 2 is 2.29 bits per heavy atom. The van der Waals surface area contributed by atoms with Crippen LogP contribution in [0, 0.1) is 6.92 Å². The lowest BCUT2D eigenvalue weighted by Gasteiger charge is -2.18. The second kappa shape index (κ2) is 6.03. The van der Waals surface area contributed by atoms with Gasteiger partial charge in [-0.05, 0) is 13.3 Å². The number of carbonyl (C=O) groups is 1. The van der Waals surface area contributed by atoms with Crippen molar-refractivity contribution in [3.05, 3.63) is 11.8 Å². The number of hydrogen-bond acceptors (Lipinski definition) is 5. The lowest BCUT2D eigenvalue weighted by molar-refractivity contribution is -0.116.